The highest BCUT2D eigenvalue weighted by molar-refractivity contribution is 7.98. The maximum atomic E-state index is 13.2. The fourth-order valence-electron chi connectivity index (χ4n) is 3.97. The third kappa shape index (κ3) is 5.05. The first-order valence-corrected chi connectivity index (χ1v) is 12.5. The lowest BCUT2D eigenvalue weighted by Gasteiger charge is -2.12. The van der Waals surface area contributed by atoms with Gasteiger partial charge < -0.3 is 18.9 Å². The molecule has 1 N–H and O–H groups in total. The van der Waals surface area contributed by atoms with E-state index in [9.17, 15) is 14.4 Å². The van der Waals surface area contributed by atoms with Crippen LogP contribution >= 0.6 is 23.4 Å². The second kappa shape index (κ2) is 10.6. The number of ketones is 1. The molecule has 4 aromatic rings. The van der Waals surface area contributed by atoms with Gasteiger partial charge in [0.15, 0.2) is 6.10 Å². The largest absolute Gasteiger partial charge is 0.465 e. The number of carbonyl (C=O) groups excluding carboxylic acids is 3. The second-order valence-corrected chi connectivity index (χ2v) is 9.66. The van der Waals surface area contributed by atoms with Crippen LogP contribution < -0.4 is 0 Å². The number of H-pyrrole nitrogens is 1. The fourth-order valence-corrected chi connectivity index (χ4v) is 5.02. The minimum atomic E-state index is -1.12. The molecule has 0 saturated heterocycles. The molecule has 9 heteroatoms. The first-order chi connectivity index (χ1) is 17.2. The lowest BCUT2D eigenvalue weighted by atomic mass is 10.1. The minimum absolute atomic E-state index is 0.0481. The summed E-state index contributed by atoms with van der Waals surface area (Å²) in [6.45, 7) is 4.80. The predicted octanol–water partition coefficient (Wildman–Crippen LogP) is 6.54. The summed E-state index contributed by atoms with van der Waals surface area (Å²) in [7, 11) is 1.27. The van der Waals surface area contributed by atoms with Crippen molar-refractivity contribution in [2.45, 2.75) is 37.5 Å². The zero-order chi connectivity index (χ0) is 26.0. The Balaban J connectivity index is 1.57. The number of methoxy groups -OCH3 is 1. The van der Waals surface area contributed by atoms with Gasteiger partial charge >= 0.3 is 11.9 Å². The predicted molar refractivity (Wildman–Crippen MR) is 138 cm³/mol. The van der Waals surface area contributed by atoms with E-state index in [1.165, 1.54) is 25.8 Å². The van der Waals surface area contributed by atoms with Crippen LogP contribution in [0.15, 0.2) is 57.8 Å². The average molecular weight is 526 g/mol. The SMILES string of the molecule is COC(=O)c1c(C)[nH]c(C(=O)C(C)OC(=O)c2oc3ccccc3c2CSc2ccc(Cl)cc2)c1C. The van der Waals surface area contributed by atoms with Gasteiger partial charge in [0.2, 0.25) is 11.5 Å². The molecule has 2 aromatic heterocycles. The van der Waals surface area contributed by atoms with Crippen molar-refractivity contribution >= 4 is 52.1 Å². The van der Waals surface area contributed by atoms with Crippen LogP contribution in [0, 0.1) is 13.8 Å². The van der Waals surface area contributed by atoms with Crippen molar-refractivity contribution in [3.05, 3.63) is 87.4 Å². The third-order valence-electron chi connectivity index (χ3n) is 5.81. The van der Waals surface area contributed by atoms with E-state index in [2.05, 4.69) is 4.98 Å². The number of hydrogen-bond donors (Lipinski definition) is 1. The van der Waals surface area contributed by atoms with Crippen LogP contribution in [0.1, 0.15) is 55.1 Å². The van der Waals surface area contributed by atoms with Gasteiger partial charge in [0.05, 0.1) is 18.4 Å². The van der Waals surface area contributed by atoms with Crippen molar-refractivity contribution in [3.63, 3.8) is 0 Å². The van der Waals surface area contributed by atoms with Crippen molar-refractivity contribution in [1.29, 1.82) is 0 Å². The van der Waals surface area contributed by atoms with Crippen LogP contribution in [0.3, 0.4) is 0 Å². The first-order valence-electron chi connectivity index (χ1n) is 11.1. The van der Waals surface area contributed by atoms with Crippen molar-refractivity contribution < 1.29 is 28.3 Å². The molecular weight excluding hydrogens is 502 g/mol. The topological polar surface area (TPSA) is 98.6 Å². The molecule has 2 heterocycles. The van der Waals surface area contributed by atoms with Crippen molar-refractivity contribution in [2.75, 3.05) is 7.11 Å². The zero-order valence-electron chi connectivity index (χ0n) is 20.1. The Morgan fingerprint density at radius 3 is 2.44 bits per heavy atom. The number of aromatic amines is 1. The number of aromatic nitrogens is 1. The maximum Gasteiger partial charge on any atom is 0.375 e. The monoisotopic (exact) mass is 525 g/mol. The van der Waals surface area contributed by atoms with E-state index in [-0.39, 0.29) is 17.0 Å². The Labute approximate surface area is 217 Å². The molecule has 4 rings (SSSR count). The molecule has 0 saturated carbocycles. The number of benzene rings is 2. The molecule has 36 heavy (non-hydrogen) atoms. The Bertz CT molecular complexity index is 1450. The number of para-hydroxylation sites is 1. The molecule has 0 amide bonds. The van der Waals surface area contributed by atoms with E-state index < -0.39 is 23.8 Å². The van der Waals surface area contributed by atoms with Crippen molar-refractivity contribution in [1.82, 2.24) is 4.98 Å². The van der Waals surface area contributed by atoms with E-state index in [1.807, 2.05) is 30.3 Å². The highest BCUT2D eigenvalue weighted by Gasteiger charge is 2.30. The van der Waals surface area contributed by atoms with Gasteiger partial charge in [-0.2, -0.15) is 0 Å². The molecule has 0 aliphatic carbocycles. The molecular formula is C27H24ClNO6S. The van der Waals surface area contributed by atoms with Crippen LogP contribution in [0.25, 0.3) is 11.0 Å². The van der Waals surface area contributed by atoms with Crippen LogP contribution in [0.4, 0.5) is 0 Å². The third-order valence-corrected chi connectivity index (χ3v) is 7.10. The Kier molecular flexibility index (Phi) is 7.56. The summed E-state index contributed by atoms with van der Waals surface area (Å²) in [5, 5.41) is 1.44. The Morgan fingerprint density at radius 1 is 1.06 bits per heavy atom. The fraction of sp³-hybridized carbons (Fsp3) is 0.222. The molecule has 1 unspecified atom stereocenters. The summed E-state index contributed by atoms with van der Waals surface area (Å²) in [6, 6.07) is 14.7. The normalized spacial score (nSPS) is 11.9. The molecule has 0 radical (unpaired) electrons. The summed E-state index contributed by atoms with van der Waals surface area (Å²) < 4.78 is 16.2. The van der Waals surface area contributed by atoms with E-state index in [0.717, 1.165) is 10.3 Å². The molecule has 0 aliphatic heterocycles. The molecule has 2 aromatic carbocycles. The highest BCUT2D eigenvalue weighted by Crippen LogP contribution is 2.33. The number of rotatable bonds is 8. The van der Waals surface area contributed by atoms with Gasteiger partial charge in [0.25, 0.3) is 0 Å². The summed E-state index contributed by atoms with van der Waals surface area (Å²) in [5.74, 6) is -1.26. The molecule has 0 spiro atoms. The number of halogens is 1. The minimum Gasteiger partial charge on any atom is -0.465 e. The highest BCUT2D eigenvalue weighted by atomic mass is 35.5. The van der Waals surface area contributed by atoms with E-state index in [1.54, 1.807) is 32.0 Å². The second-order valence-electron chi connectivity index (χ2n) is 8.18. The maximum absolute atomic E-state index is 13.2. The van der Waals surface area contributed by atoms with E-state index in [0.29, 0.717) is 33.2 Å². The van der Waals surface area contributed by atoms with Gasteiger partial charge in [-0.25, -0.2) is 9.59 Å². The number of ether oxygens (including phenoxy) is 2. The first kappa shape index (κ1) is 25.6. The summed E-state index contributed by atoms with van der Waals surface area (Å²) in [6.07, 6.45) is -1.12. The van der Waals surface area contributed by atoms with Gasteiger partial charge in [-0.05, 0) is 56.7 Å². The lowest BCUT2D eigenvalue weighted by Crippen LogP contribution is -2.25. The smallest absolute Gasteiger partial charge is 0.375 e. The number of esters is 2. The molecule has 0 fully saturated rings. The van der Waals surface area contributed by atoms with Gasteiger partial charge in [-0.15, -0.1) is 11.8 Å². The number of nitrogens with one attached hydrogen (secondary N) is 1. The lowest BCUT2D eigenvalue weighted by molar-refractivity contribution is 0.0288. The number of Topliss-reactive ketones (excluding diaryl/α,β-unsaturated/α-hetero) is 1. The van der Waals surface area contributed by atoms with Crippen LogP contribution in [-0.4, -0.2) is 35.9 Å². The molecule has 7 nitrogen and oxygen atoms in total. The Hall–Kier alpha value is -3.49. The summed E-state index contributed by atoms with van der Waals surface area (Å²) in [4.78, 5) is 42.2. The van der Waals surface area contributed by atoms with Crippen LogP contribution in [0.5, 0.6) is 0 Å². The number of furan rings is 1. The summed E-state index contributed by atoms with van der Waals surface area (Å²) in [5.41, 5.74) is 2.65. The molecule has 0 bridgehead atoms. The van der Waals surface area contributed by atoms with Gasteiger partial charge in [-0.1, -0.05) is 29.8 Å². The van der Waals surface area contributed by atoms with Crippen molar-refractivity contribution in [2.24, 2.45) is 0 Å². The van der Waals surface area contributed by atoms with Gasteiger partial charge in [0.1, 0.15) is 5.58 Å². The number of carbonyl (C=O) groups is 3. The quantitative estimate of drug-likeness (QED) is 0.158. The van der Waals surface area contributed by atoms with E-state index >= 15 is 0 Å². The Morgan fingerprint density at radius 2 is 1.75 bits per heavy atom. The summed E-state index contributed by atoms with van der Waals surface area (Å²) >= 11 is 7.50. The van der Waals surface area contributed by atoms with Crippen molar-refractivity contribution in [3.8, 4) is 0 Å². The van der Waals surface area contributed by atoms with Gasteiger partial charge in [-0.3, -0.25) is 4.79 Å². The number of thioether (sulfide) groups is 1. The standard InChI is InChI=1S/C27H24ClNO6S/c1-14-22(26(31)33-4)15(2)29-23(14)24(30)16(3)34-27(32)25-20(19-7-5-6-8-21(19)35-25)13-36-18-11-9-17(28)10-12-18/h5-12,16,29H,13H2,1-4H3. The number of fused-ring (bicyclic) bond motifs is 1. The number of aryl methyl sites for hydroxylation is 1. The zero-order valence-corrected chi connectivity index (χ0v) is 21.7. The van der Waals surface area contributed by atoms with Crippen LogP contribution in [-0.2, 0) is 15.2 Å². The average Bonchev–Trinajstić information content (AvgIpc) is 3.39. The number of hydrogen-bond acceptors (Lipinski definition) is 7. The molecule has 186 valence electrons. The van der Waals surface area contributed by atoms with Gasteiger partial charge in [0, 0.05) is 32.3 Å². The molecule has 0 aliphatic rings. The van der Waals surface area contributed by atoms with E-state index in [4.69, 9.17) is 25.5 Å². The van der Waals surface area contributed by atoms with Crippen LogP contribution in [0.2, 0.25) is 5.02 Å². The molecule has 1 atom stereocenters.